The molecule has 0 spiro atoms. The Kier molecular flexibility index (Phi) is 2.57. The fourth-order valence-electron chi connectivity index (χ4n) is 1.09. The molecule has 1 saturated heterocycles. The van der Waals surface area contributed by atoms with E-state index in [0.717, 1.165) is 32.0 Å². The lowest BCUT2D eigenvalue weighted by atomic mass is 10.4. The van der Waals surface area contributed by atoms with E-state index in [1.807, 2.05) is 7.05 Å². The predicted octanol–water partition coefficient (Wildman–Crippen LogP) is -0.418. The average molecular weight is 141 g/mol. The third kappa shape index (κ3) is 1.64. The van der Waals surface area contributed by atoms with Gasteiger partial charge in [0.1, 0.15) is 0 Å². The highest BCUT2D eigenvalue weighted by Gasteiger charge is 2.08. The second-order valence-corrected chi connectivity index (χ2v) is 2.43. The highest BCUT2D eigenvalue weighted by atomic mass is 15.3. The molecule has 0 unspecified atom stereocenters. The molecular formula is C7H15N3. The van der Waals surface area contributed by atoms with Crippen LogP contribution in [0.1, 0.15) is 0 Å². The van der Waals surface area contributed by atoms with Crippen molar-refractivity contribution in [2.75, 3.05) is 33.2 Å². The molecule has 0 aromatic rings. The zero-order valence-corrected chi connectivity index (χ0v) is 6.48. The van der Waals surface area contributed by atoms with Gasteiger partial charge in [-0.25, -0.2) is 0 Å². The van der Waals surface area contributed by atoms with Crippen molar-refractivity contribution in [2.45, 2.75) is 0 Å². The van der Waals surface area contributed by atoms with E-state index in [2.05, 4.69) is 22.1 Å². The summed E-state index contributed by atoms with van der Waals surface area (Å²) in [5.74, 6) is 1.03. The highest BCUT2D eigenvalue weighted by Crippen LogP contribution is 1.97. The molecule has 2 N–H and O–H groups in total. The summed E-state index contributed by atoms with van der Waals surface area (Å²) in [5.41, 5.74) is 0. The molecule has 3 heteroatoms. The van der Waals surface area contributed by atoms with Gasteiger partial charge in [0.05, 0.1) is 5.82 Å². The van der Waals surface area contributed by atoms with Gasteiger partial charge in [-0.15, -0.1) is 0 Å². The fraction of sp³-hybridized carbons (Fsp3) is 0.714. The maximum atomic E-state index is 3.88. The van der Waals surface area contributed by atoms with Gasteiger partial charge in [0, 0.05) is 33.2 Å². The molecule has 1 heterocycles. The first-order valence-corrected chi connectivity index (χ1v) is 3.67. The maximum absolute atomic E-state index is 3.88. The number of hydrogen-bond acceptors (Lipinski definition) is 3. The monoisotopic (exact) mass is 141 g/mol. The van der Waals surface area contributed by atoms with Crippen molar-refractivity contribution in [3.63, 3.8) is 0 Å². The van der Waals surface area contributed by atoms with Gasteiger partial charge in [-0.1, -0.05) is 6.58 Å². The van der Waals surface area contributed by atoms with E-state index in [4.69, 9.17) is 0 Å². The lowest BCUT2D eigenvalue weighted by Crippen LogP contribution is -2.44. The van der Waals surface area contributed by atoms with Gasteiger partial charge in [0.25, 0.3) is 0 Å². The second kappa shape index (κ2) is 3.46. The van der Waals surface area contributed by atoms with Crippen molar-refractivity contribution >= 4 is 0 Å². The van der Waals surface area contributed by atoms with E-state index in [1.165, 1.54) is 0 Å². The summed E-state index contributed by atoms with van der Waals surface area (Å²) in [7, 11) is 1.91. The minimum Gasteiger partial charge on any atom is -0.375 e. The first-order valence-electron chi connectivity index (χ1n) is 3.67. The number of nitrogens with one attached hydrogen (secondary N) is 2. The minimum atomic E-state index is 1.03. The van der Waals surface area contributed by atoms with Crippen LogP contribution in [-0.2, 0) is 0 Å². The molecule has 0 aromatic heterocycles. The molecular weight excluding hydrogens is 126 g/mol. The number of nitrogens with zero attached hydrogens (tertiary/aromatic N) is 1. The summed E-state index contributed by atoms with van der Waals surface area (Å²) in [6, 6.07) is 0. The van der Waals surface area contributed by atoms with Crippen LogP contribution in [0.15, 0.2) is 12.4 Å². The lowest BCUT2D eigenvalue weighted by molar-refractivity contribution is 0.286. The molecule has 0 atom stereocenters. The summed E-state index contributed by atoms with van der Waals surface area (Å²) >= 11 is 0. The Bertz CT molecular complexity index is 116. The molecule has 1 aliphatic rings. The first-order chi connectivity index (χ1) is 4.84. The van der Waals surface area contributed by atoms with Gasteiger partial charge < -0.3 is 15.5 Å². The Morgan fingerprint density at radius 3 is 2.60 bits per heavy atom. The van der Waals surface area contributed by atoms with Crippen LogP contribution >= 0.6 is 0 Å². The Balaban J connectivity index is 2.31. The Labute approximate surface area is 62.1 Å². The van der Waals surface area contributed by atoms with Crippen LogP contribution in [0.3, 0.4) is 0 Å². The summed E-state index contributed by atoms with van der Waals surface area (Å²) in [5, 5.41) is 6.32. The molecule has 0 aromatic carbocycles. The van der Waals surface area contributed by atoms with Crippen molar-refractivity contribution < 1.29 is 0 Å². The van der Waals surface area contributed by atoms with E-state index in [-0.39, 0.29) is 0 Å². The zero-order valence-electron chi connectivity index (χ0n) is 6.48. The van der Waals surface area contributed by atoms with Crippen molar-refractivity contribution in [2.24, 2.45) is 0 Å². The Morgan fingerprint density at radius 1 is 1.50 bits per heavy atom. The number of hydrogen-bond donors (Lipinski definition) is 2. The third-order valence-corrected chi connectivity index (χ3v) is 1.79. The molecule has 0 amide bonds. The lowest BCUT2D eigenvalue weighted by Gasteiger charge is -2.30. The van der Waals surface area contributed by atoms with Crippen LogP contribution in [-0.4, -0.2) is 38.1 Å². The van der Waals surface area contributed by atoms with Gasteiger partial charge in [0.15, 0.2) is 0 Å². The Hall–Kier alpha value is -0.700. The molecule has 0 aliphatic carbocycles. The third-order valence-electron chi connectivity index (χ3n) is 1.79. The summed E-state index contributed by atoms with van der Waals surface area (Å²) in [6.45, 7) is 8.16. The van der Waals surface area contributed by atoms with E-state index >= 15 is 0 Å². The zero-order chi connectivity index (χ0) is 7.40. The average Bonchev–Trinajstić information content (AvgIpc) is 2.05. The quantitative estimate of drug-likeness (QED) is 0.547. The van der Waals surface area contributed by atoms with Gasteiger partial charge in [0.2, 0.25) is 0 Å². The van der Waals surface area contributed by atoms with Crippen molar-refractivity contribution in [1.29, 1.82) is 0 Å². The predicted molar refractivity (Wildman–Crippen MR) is 42.6 cm³/mol. The second-order valence-electron chi connectivity index (χ2n) is 2.43. The van der Waals surface area contributed by atoms with Crippen molar-refractivity contribution in [3.8, 4) is 0 Å². The van der Waals surface area contributed by atoms with Gasteiger partial charge in [-0.3, -0.25) is 0 Å². The van der Waals surface area contributed by atoms with Crippen LogP contribution in [0.2, 0.25) is 0 Å². The topological polar surface area (TPSA) is 27.3 Å². The smallest absolute Gasteiger partial charge is 0.0937 e. The van der Waals surface area contributed by atoms with Crippen LogP contribution < -0.4 is 10.6 Å². The largest absolute Gasteiger partial charge is 0.375 e. The normalized spacial score (nSPS) is 18.7. The van der Waals surface area contributed by atoms with Gasteiger partial charge >= 0.3 is 0 Å². The van der Waals surface area contributed by atoms with Gasteiger partial charge in [-0.2, -0.15) is 0 Å². The minimum absolute atomic E-state index is 1.03. The SMILES string of the molecule is C=C(NC)N1CCNCC1. The van der Waals surface area contributed by atoms with Crippen LogP contribution in [0.4, 0.5) is 0 Å². The number of piperazine rings is 1. The summed E-state index contributed by atoms with van der Waals surface area (Å²) < 4.78 is 0. The molecule has 1 fully saturated rings. The van der Waals surface area contributed by atoms with E-state index < -0.39 is 0 Å². The standard InChI is InChI=1S/C7H15N3/c1-7(8-2)10-5-3-9-4-6-10/h8-9H,1,3-6H2,2H3. The van der Waals surface area contributed by atoms with Crippen LogP contribution in [0.5, 0.6) is 0 Å². The molecule has 0 radical (unpaired) electrons. The van der Waals surface area contributed by atoms with Crippen LogP contribution in [0.25, 0.3) is 0 Å². The molecule has 1 aliphatic heterocycles. The summed E-state index contributed by atoms with van der Waals surface area (Å²) in [4.78, 5) is 2.25. The first kappa shape index (κ1) is 7.41. The molecule has 1 rings (SSSR count). The molecule has 10 heavy (non-hydrogen) atoms. The van der Waals surface area contributed by atoms with Crippen molar-refractivity contribution in [3.05, 3.63) is 12.4 Å². The molecule has 0 bridgehead atoms. The van der Waals surface area contributed by atoms with E-state index in [1.54, 1.807) is 0 Å². The number of rotatable bonds is 2. The Morgan fingerprint density at radius 2 is 2.10 bits per heavy atom. The van der Waals surface area contributed by atoms with Crippen molar-refractivity contribution in [1.82, 2.24) is 15.5 Å². The molecule has 0 saturated carbocycles. The van der Waals surface area contributed by atoms with Gasteiger partial charge in [-0.05, 0) is 0 Å². The van der Waals surface area contributed by atoms with Crippen LogP contribution in [0, 0.1) is 0 Å². The molecule has 58 valence electrons. The summed E-state index contributed by atoms with van der Waals surface area (Å²) in [6.07, 6.45) is 0. The highest BCUT2D eigenvalue weighted by molar-refractivity contribution is 4.91. The molecule has 3 nitrogen and oxygen atoms in total. The van der Waals surface area contributed by atoms with E-state index in [9.17, 15) is 0 Å². The fourth-order valence-corrected chi connectivity index (χ4v) is 1.09. The van der Waals surface area contributed by atoms with E-state index in [0.29, 0.717) is 0 Å². The maximum Gasteiger partial charge on any atom is 0.0937 e.